The molecule has 21 heavy (non-hydrogen) atoms. The van der Waals surface area contributed by atoms with Crippen molar-refractivity contribution in [1.29, 1.82) is 0 Å². The number of benzene rings is 2. The number of fused-ring (bicyclic) bond motifs is 2. The highest BCUT2D eigenvalue weighted by molar-refractivity contribution is 8.00. The Bertz CT molecular complexity index is 616. The molecule has 2 heterocycles. The van der Waals surface area contributed by atoms with Crippen LogP contribution in [0.1, 0.15) is 11.1 Å². The lowest BCUT2D eigenvalue weighted by molar-refractivity contribution is 0.680. The molecule has 108 valence electrons. The van der Waals surface area contributed by atoms with Crippen LogP contribution in [0.3, 0.4) is 0 Å². The van der Waals surface area contributed by atoms with E-state index >= 15 is 0 Å². The Hall–Kier alpha value is -1.45. The van der Waals surface area contributed by atoms with E-state index in [9.17, 15) is 0 Å². The molecule has 1 atom stereocenters. The van der Waals surface area contributed by atoms with E-state index < -0.39 is 0 Å². The lowest BCUT2D eigenvalue weighted by Crippen LogP contribution is -2.34. The van der Waals surface area contributed by atoms with Gasteiger partial charge in [-0.3, -0.25) is 0 Å². The van der Waals surface area contributed by atoms with Gasteiger partial charge in [0.15, 0.2) is 0 Å². The predicted molar refractivity (Wildman–Crippen MR) is 90.2 cm³/mol. The van der Waals surface area contributed by atoms with E-state index in [4.69, 9.17) is 0 Å². The third-order valence-electron chi connectivity index (χ3n) is 4.34. The van der Waals surface area contributed by atoms with E-state index in [1.807, 2.05) is 11.8 Å². The van der Waals surface area contributed by atoms with Gasteiger partial charge >= 0.3 is 0 Å². The number of hydrogen-bond acceptors (Lipinski definition) is 3. The first-order valence-electron chi connectivity index (χ1n) is 7.68. The summed E-state index contributed by atoms with van der Waals surface area (Å²) in [6.45, 7) is 4.30. The minimum Gasteiger partial charge on any atom is -0.369 e. The summed E-state index contributed by atoms with van der Waals surface area (Å²) in [5.41, 5.74) is 4.36. The zero-order chi connectivity index (χ0) is 14.1. The molecule has 2 aromatic carbocycles. The Morgan fingerprint density at radius 2 is 1.86 bits per heavy atom. The van der Waals surface area contributed by atoms with Crippen LogP contribution in [0.4, 0.5) is 5.69 Å². The third kappa shape index (κ3) is 2.68. The predicted octanol–water partition coefficient (Wildman–Crippen LogP) is 3.31. The summed E-state index contributed by atoms with van der Waals surface area (Å²) in [6, 6.07) is 17.7. The van der Waals surface area contributed by atoms with E-state index in [1.54, 1.807) is 0 Å². The minimum absolute atomic E-state index is 0.675. The summed E-state index contributed by atoms with van der Waals surface area (Å²) in [7, 11) is 0. The number of rotatable bonds is 2. The van der Waals surface area contributed by atoms with Crippen molar-refractivity contribution in [2.45, 2.75) is 23.1 Å². The molecule has 4 rings (SSSR count). The van der Waals surface area contributed by atoms with Gasteiger partial charge in [0.05, 0.1) is 0 Å². The fourth-order valence-electron chi connectivity index (χ4n) is 3.32. The number of nitrogens with zero attached hydrogens (tertiary/aromatic N) is 1. The van der Waals surface area contributed by atoms with Gasteiger partial charge < -0.3 is 10.2 Å². The monoisotopic (exact) mass is 296 g/mol. The molecule has 2 aliphatic heterocycles. The molecule has 2 aromatic rings. The number of thioether (sulfide) groups is 1. The van der Waals surface area contributed by atoms with Gasteiger partial charge in [0.1, 0.15) is 0 Å². The second-order valence-corrected chi connectivity index (χ2v) is 7.15. The molecule has 3 heteroatoms. The molecule has 2 nitrogen and oxygen atoms in total. The zero-order valence-electron chi connectivity index (χ0n) is 12.1. The van der Waals surface area contributed by atoms with E-state index in [2.05, 4.69) is 58.7 Å². The molecule has 0 aliphatic carbocycles. The number of anilines is 1. The highest BCUT2D eigenvalue weighted by atomic mass is 32.2. The molecule has 1 N–H and O–H groups in total. The highest BCUT2D eigenvalue weighted by Crippen LogP contribution is 2.38. The fraction of sp³-hybridized carbons (Fsp3) is 0.333. The van der Waals surface area contributed by atoms with Gasteiger partial charge in [0.25, 0.3) is 0 Å². The van der Waals surface area contributed by atoms with Crippen LogP contribution in [0, 0.1) is 0 Å². The SMILES string of the molecule is c1ccc2c(c1)CC(CN1CCNCc3ccccc31)S2. The van der Waals surface area contributed by atoms with Gasteiger partial charge in [0, 0.05) is 42.0 Å². The average Bonchev–Trinajstić information content (AvgIpc) is 2.82. The molecule has 0 aromatic heterocycles. The zero-order valence-corrected chi connectivity index (χ0v) is 12.9. The van der Waals surface area contributed by atoms with Crippen molar-refractivity contribution in [2.75, 3.05) is 24.5 Å². The van der Waals surface area contributed by atoms with Crippen molar-refractivity contribution in [3.8, 4) is 0 Å². The number of nitrogens with one attached hydrogen (secondary N) is 1. The smallest absolute Gasteiger partial charge is 0.0412 e. The lowest BCUT2D eigenvalue weighted by atomic mass is 10.1. The summed E-state index contributed by atoms with van der Waals surface area (Å²) in [4.78, 5) is 4.04. The Morgan fingerprint density at radius 1 is 1.05 bits per heavy atom. The Balaban J connectivity index is 1.53. The summed E-state index contributed by atoms with van der Waals surface area (Å²) in [5, 5.41) is 4.20. The molecule has 0 amide bonds. The van der Waals surface area contributed by atoms with Crippen LogP contribution in [0.5, 0.6) is 0 Å². The maximum absolute atomic E-state index is 3.53. The van der Waals surface area contributed by atoms with Crippen LogP contribution >= 0.6 is 11.8 Å². The van der Waals surface area contributed by atoms with Gasteiger partial charge in [-0.05, 0) is 29.7 Å². The van der Waals surface area contributed by atoms with Crippen molar-refractivity contribution in [3.63, 3.8) is 0 Å². The quantitative estimate of drug-likeness (QED) is 0.915. The topological polar surface area (TPSA) is 15.3 Å². The molecule has 0 spiro atoms. The second-order valence-electron chi connectivity index (χ2n) is 5.80. The summed E-state index contributed by atoms with van der Waals surface area (Å²) >= 11 is 2.05. The lowest BCUT2D eigenvalue weighted by Gasteiger charge is -2.27. The minimum atomic E-state index is 0.675. The molecule has 2 aliphatic rings. The molecule has 0 bridgehead atoms. The molecule has 0 saturated heterocycles. The summed E-state index contributed by atoms with van der Waals surface area (Å²) < 4.78 is 0. The summed E-state index contributed by atoms with van der Waals surface area (Å²) in [6.07, 6.45) is 1.20. The van der Waals surface area contributed by atoms with Gasteiger partial charge in [-0.2, -0.15) is 0 Å². The normalized spacial score (nSPS) is 20.8. The van der Waals surface area contributed by atoms with Crippen LogP contribution in [-0.2, 0) is 13.0 Å². The van der Waals surface area contributed by atoms with Crippen LogP contribution in [-0.4, -0.2) is 24.9 Å². The van der Waals surface area contributed by atoms with Crippen LogP contribution in [0.25, 0.3) is 0 Å². The fourth-order valence-corrected chi connectivity index (χ4v) is 4.65. The van der Waals surface area contributed by atoms with Gasteiger partial charge in [-0.1, -0.05) is 36.4 Å². The number of para-hydroxylation sites is 1. The van der Waals surface area contributed by atoms with E-state index in [0.29, 0.717) is 5.25 Å². The Kier molecular flexibility index (Phi) is 3.62. The molecular weight excluding hydrogens is 276 g/mol. The maximum Gasteiger partial charge on any atom is 0.0412 e. The van der Waals surface area contributed by atoms with Crippen LogP contribution < -0.4 is 10.2 Å². The molecule has 0 fully saturated rings. The first-order chi connectivity index (χ1) is 10.4. The Labute approximate surface area is 130 Å². The Morgan fingerprint density at radius 3 is 2.76 bits per heavy atom. The van der Waals surface area contributed by atoms with Crippen molar-refractivity contribution < 1.29 is 0 Å². The van der Waals surface area contributed by atoms with Crippen LogP contribution in [0.2, 0.25) is 0 Å². The van der Waals surface area contributed by atoms with Gasteiger partial charge in [-0.15, -0.1) is 11.8 Å². The first kappa shape index (κ1) is 13.2. The van der Waals surface area contributed by atoms with Crippen molar-refractivity contribution >= 4 is 17.4 Å². The molecule has 0 saturated carbocycles. The van der Waals surface area contributed by atoms with Gasteiger partial charge in [0.2, 0.25) is 0 Å². The second kappa shape index (κ2) is 5.74. The maximum atomic E-state index is 3.53. The van der Waals surface area contributed by atoms with Gasteiger partial charge in [-0.25, -0.2) is 0 Å². The van der Waals surface area contributed by atoms with Crippen molar-refractivity contribution in [1.82, 2.24) is 5.32 Å². The first-order valence-corrected chi connectivity index (χ1v) is 8.56. The van der Waals surface area contributed by atoms with Crippen molar-refractivity contribution in [3.05, 3.63) is 59.7 Å². The largest absolute Gasteiger partial charge is 0.369 e. The standard InChI is InChI=1S/C18H20N2S/c1-3-7-17-15(6-1)12-19-9-10-20(17)13-16-11-14-5-2-4-8-18(14)21-16/h1-8,16,19H,9-13H2. The van der Waals surface area contributed by atoms with Crippen LogP contribution in [0.15, 0.2) is 53.4 Å². The average molecular weight is 296 g/mol. The van der Waals surface area contributed by atoms with E-state index in [-0.39, 0.29) is 0 Å². The highest BCUT2D eigenvalue weighted by Gasteiger charge is 2.25. The van der Waals surface area contributed by atoms with E-state index in [1.165, 1.54) is 28.1 Å². The molecule has 1 unspecified atom stereocenters. The summed E-state index contributed by atoms with van der Waals surface area (Å²) in [5.74, 6) is 0. The molecule has 0 radical (unpaired) electrons. The van der Waals surface area contributed by atoms with Crippen molar-refractivity contribution in [2.24, 2.45) is 0 Å². The third-order valence-corrected chi connectivity index (χ3v) is 5.65. The number of hydrogen-bond donors (Lipinski definition) is 1. The molecular formula is C18H20N2S. The van der Waals surface area contributed by atoms with E-state index in [0.717, 1.165) is 26.2 Å².